The van der Waals surface area contributed by atoms with E-state index in [0.717, 1.165) is 5.56 Å². The number of carboxylic acid groups (broad SMARTS) is 1. The van der Waals surface area contributed by atoms with Gasteiger partial charge in [0.2, 0.25) is 0 Å². The van der Waals surface area contributed by atoms with Gasteiger partial charge in [0.25, 0.3) is 0 Å². The number of phenols is 1. The molecule has 0 bridgehead atoms. The number of phenolic OH excluding ortho intramolecular Hbond substituents is 1. The Labute approximate surface area is 93.5 Å². The predicted molar refractivity (Wildman–Crippen MR) is 54.7 cm³/mol. The van der Waals surface area contributed by atoms with Crippen LogP contribution >= 0.6 is 0 Å². The number of hydrogen-bond acceptors (Lipinski definition) is 4. The van der Waals surface area contributed by atoms with Gasteiger partial charge < -0.3 is 25.5 Å². The highest BCUT2D eigenvalue weighted by Crippen LogP contribution is 2.27. The van der Waals surface area contributed by atoms with Crippen molar-refractivity contribution < 1.29 is 25.5 Å². The van der Waals surface area contributed by atoms with Gasteiger partial charge in [-0.05, 0) is 24.6 Å². The van der Waals surface area contributed by atoms with Gasteiger partial charge in [-0.3, -0.25) is 0 Å². The number of hydrogen-bond donors (Lipinski definition) is 2. The van der Waals surface area contributed by atoms with Crippen LogP contribution in [-0.4, -0.2) is 23.7 Å². The van der Waals surface area contributed by atoms with Crippen molar-refractivity contribution in [2.24, 2.45) is 0 Å². The average molecular weight is 225 g/mol. The molecule has 1 rings (SSSR count). The lowest BCUT2D eigenvalue weighted by molar-refractivity contribution is -0.437. The fourth-order valence-electron chi connectivity index (χ4n) is 1.32. The van der Waals surface area contributed by atoms with Crippen LogP contribution in [0.25, 0.3) is 0 Å². The summed E-state index contributed by atoms with van der Waals surface area (Å²) in [5.74, 6) is -0.795. The minimum Gasteiger partial charge on any atom is -0.544 e. The van der Waals surface area contributed by atoms with E-state index < -0.39 is 12.0 Å². The van der Waals surface area contributed by atoms with Gasteiger partial charge in [-0.2, -0.15) is 0 Å². The fraction of sp³-hybridized carbons (Fsp3) is 0.364. The SMILES string of the molecule is CCOc1cc(C[C@@H]([NH3+])C(=O)[O-])ccc1O. The van der Waals surface area contributed by atoms with Crippen LogP contribution in [0.3, 0.4) is 0 Å². The molecular formula is C11H15NO4. The third kappa shape index (κ3) is 3.13. The Bertz CT molecular complexity index is 378. The Balaban J connectivity index is 2.82. The standard InChI is InChI=1S/C11H15NO4/c1-2-16-10-6-7(3-4-9(10)13)5-8(12)11(14)15/h3-4,6,8,13H,2,5,12H2,1H3,(H,14,15)/t8-/m1/s1. The van der Waals surface area contributed by atoms with Crippen molar-refractivity contribution >= 4 is 5.97 Å². The Hall–Kier alpha value is -1.75. The number of rotatable bonds is 5. The summed E-state index contributed by atoms with van der Waals surface area (Å²) in [6.07, 6.45) is 0.253. The predicted octanol–water partition coefficient (Wildman–Crippen LogP) is -1.31. The molecule has 0 spiro atoms. The molecule has 0 heterocycles. The zero-order chi connectivity index (χ0) is 12.1. The molecule has 4 N–H and O–H groups in total. The minimum atomic E-state index is -1.19. The van der Waals surface area contributed by atoms with Gasteiger partial charge in [-0.15, -0.1) is 0 Å². The van der Waals surface area contributed by atoms with Gasteiger partial charge in [-0.25, -0.2) is 0 Å². The van der Waals surface area contributed by atoms with Crippen LogP contribution in [0.5, 0.6) is 11.5 Å². The maximum atomic E-state index is 10.5. The lowest BCUT2D eigenvalue weighted by Crippen LogP contribution is -2.69. The van der Waals surface area contributed by atoms with E-state index in [2.05, 4.69) is 5.73 Å². The third-order valence-corrected chi connectivity index (χ3v) is 2.14. The van der Waals surface area contributed by atoms with Crippen LogP contribution in [0.15, 0.2) is 18.2 Å². The Kier molecular flexibility index (Phi) is 4.13. The van der Waals surface area contributed by atoms with E-state index in [-0.39, 0.29) is 12.2 Å². The number of aromatic hydroxyl groups is 1. The maximum Gasteiger partial charge on any atom is 0.161 e. The normalized spacial score (nSPS) is 12.1. The molecule has 1 aromatic rings. The first-order valence-corrected chi connectivity index (χ1v) is 5.03. The van der Waals surface area contributed by atoms with Gasteiger partial charge >= 0.3 is 0 Å². The lowest BCUT2D eigenvalue weighted by atomic mass is 10.1. The molecule has 1 aromatic carbocycles. The Morgan fingerprint density at radius 3 is 2.88 bits per heavy atom. The van der Waals surface area contributed by atoms with E-state index in [0.29, 0.717) is 12.4 Å². The second kappa shape index (κ2) is 5.37. The van der Waals surface area contributed by atoms with Gasteiger partial charge in [0, 0.05) is 6.42 Å². The number of carboxylic acids is 1. The molecule has 0 radical (unpaired) electrons. The van der Waals surface area contributed by atoms with E-state index in [4.69, 9.17) is 4.74 Å². The molecule has 0 saturated heterocycles. The van der Waals surface area contributed by atoms with E-state index >= 15 is 0 Å². The van der Waals surface area contributed by atoms with E-state index in [9.17, 15) is 15.0 Å². The Morgan fingerprint density at radius 1 is 1.62 bits per heavy atom. The molecule has 0 unspecified atom stereocenters. The molecule has 5 heteroatoms. The molecule has 0 saturated carbocycles. The van der Waals surface area contributed by atoms with Gasteiger partial charge in [0.1, 0.15) is 6.04 Å². The molecule has 16 heavy (non-hydrogen) atoms. The van der Waals surface area contributed by atoms with Gasteiger partial charge in [-0.1, -0.05) is 6.07 Å². The summed E-state index contributed by atoms with van der Waals surface area (Å²) in [5, 5.41) is 20.0. The van der Waals surface area contributed by atoms with Crippen LogP contribution in [0.2, 0.25) is 0 Å². The first kappa shape index (κ1) is 12.3. The summed E-state index contributed by atoms with van der Waals surface area (Å²) in [5.41, 5.74) is 4.21. The lowest BCUT2D eigenvalue weighted by Gasteiger charge is -2.11. The highest BCUT2D eigenvalue weighted by Gasteiger charge is 2.10. The summed E-state index contributed by atoms with van der Waals surface area (Å²) in [7, 11) is 0. The summed E-state index contributed by atoms with van der Waals surface area (Å²) >= 11 is 0. The quantitative estimate of drug-likeness (QED) is 0.650. The summed E-state index contributed by atoms with van der Waals surface area (Å²) < 4.78 is 5.19. The zero-order valence-corrected chi connectivity index (χ0v) is 9.10. The van der Waals surface area contributed by atoms with Crippen molar-refractivity contribution in [1.29, 1.82) is 0 Å². The summed E-state index contributed by atoms with van der Waals surface area (Å²) in [6.45, 7) is 2.24. The topological polar surface area (TPSA) is 97.2 Å². The summed E-state index contributed by atoms with van der Waals surface area (Å²) in [4.78, 5) is 10.5. The van der Waals surface area contributed by atoms with E-state index in [1.165, 1.54) is 6.07 Å². The van der Waals surface area contributed by atoms with Crippen LogP contribution in [0.4, 0.5) is 0 Å². The van der Waals surface area contributed by atoms with Crippen LogP contribution in [0, 0.1) is 0 Å². The van der Waals surface area contributed by atoms with Crippen molar-refractivity contribution in [3.05, 3.63) is 23.8 Å². The molecule has 88 valence electrons. The molecule has 0 aliphatic carbocycles. The average Bonchev–Trinajstić information content (AvgIpc) is 2.23. The monoisotopic (exact) mass is 225 g/mol. The van der Waals surface area contributed by atoms with Crippen LogP contribution in [-0.2, 0) is 11.2 Å². The number of carbonyl (C=O) groups excluding carboxylic acids is 1. The highest BCUT2D eigenvalue weighted by atomic mass is 16.5. The maximum absolute atomic E-state index is 10.5. The summed E-state index contributed by atoms with van der Waals surface area (Å²) in [6, 6.07) is 3.92. The van der Waals surface area contributed by atoms with E-state index in [1.54, 1.807) is 19.1 Å². The second-order valence-electron chi connectivity index (χ2n) is 3.46. The van der Waals surface area contributed by atoms with Gasteiger partial charge in [0.15, 0.2) is 11.5 Å². The second-order valence-corrected chi connectivity index (χ2v) is 3.46. The number of carbonyl (C=O) groups is 1. The molecule has 0 amide bonds. The smallest absolute Gasteiger partial charge is 0.161 e. The number of aliphatic carboxylic acids is 1. The molecule has 0 aliphatic rings. The highest BCUT2D eigenvalue weighted by molar-refractivity contribution is 5.69. The molecular weight excluding hydrogens is 210 g/mol. The minimum absolute atomic E-state index is 0.0414. The van der Waals surface area contributed by atoms with Crippen molar-refractivity contribution in [2.45, 2.75) is 19.4 Å². The first-order valence-electron chi connectivity index (χ1n) is 5.03. The molecule has 1 atom stereocenters. The Morgan fingerprint density at radius 2 is 2.31 bits per heavy atom. The number of benzene rings is 1. The zero-order valence-electron chi connectivity index (χ0n) is 9.10. The molecule has 5 nitrogen and oxygen atoms in total. The third-order valence-electron chi connectivity index (χ3n) is 2.14. The number of quaternary nitrogens is 1. The van der Waals surface area contributed by atoms with Crippen molar-refractivity contribution in [3.8, 4) is 11.5 Å². The van der Waals surface area contributed by atoms with Gasteiger partial charge in [0.05, 0.1) is 12.6 Å². The van der Waals surface area contributed by atoms with Crippen molar-refractivity contribution in [3.63, 3.8) is 0 Å². The molecule has 0 aromatic heterocycles. The number of ether oxygens (including phenoxy) is 1. The van der Waals surface area contributed by atoms with Crippen LogP contribution in [0.1, 0.15) is 12.5 Å². The van der Waals surface area contributed by atoms with Crippen molar-refractivity contribution in [2.75, 3.05) is 6.61 Å². The van der Waals surface area contributed by atoms with Crippen molar-refractivity contribution in [1.82, 2.24) is 0 Å². The largest absolute Gasteiger partial charge is 0.544 e. The van der Waals surface area contributed by atoms with E-state index in [1.807, 2.05) is 0 Å². The molecule has 0 fully saturated rings. The molecule has 0 aliphatic heterocycles. The fourth-order valence-corrected chi connectivity index (χ4v) is 1.32. The van der Waals surface area contributed by atoms with Crippen LogP contribution < -0.4 is 15.6 Å². The first-order chi connectivity index (χ1) is 7.54.